The number of hydrogen-bond acceptors (Lipinski definition) is 5. The highest BCUT2D eigenvalue weighted by Crippen LogP contribution is 2.20. The van der Waals surface area contributed by atoms with Crippen molar-refractivity contribution in [3.8, 4) is 0 Å². The second-order valence-corrected chi connectivity index (χ2v) is 9.10. The van der Waals surface area contributed by atoms with Crippen LogP contribution >= 0.6 is 0 Å². The van der Waals surface area contributed by atoms with E-state index in [1.54, 1.807) is 0 Å². The fraction of sp³-hybridized carbons (Fsp3) is 1.00. The van der Waals surface area contributed by atoms with Gasteiger partial charge in [0, 0.05) is 6.54 Å². The van der Waals surface area contributed by atoms with Crippen molar-refractivity contribution >= 4 is 0 Å². The van der Waals surface area contributed by atoms with Gasteiger partial charge in [0.1, 0.15) is 12.2 Å². The number of hydrogen-bond donors (Lipinski definition) is 4. The number of nitrogens with zero attached hydrogens (tertiary/aromatic N) is 1. The first-order chi connectivity index (χ1) is 14.1. The Bertz CT molecular complexity index is 369. The van der Waals surface area contributed by atoms with E-state index >= 15 is 0 Å². The molecule has 0 radical (unpaired) electrons. The van der Waals surface area contributed by atoms with Crippen molar-refractivity contribution < 1.29 is 20.4 Å². The normalized spacial score (nSPS) is 25.6. The van der Waals surface area contributed by atoms with Crippen molar-refractivity contribution in [3.63, 3.8) is 0 Å². The molecule has 0 aliphatic carbocycles. The smallest absolute Gasteiger partial charge is 0.109 e. The molecule has 0 bridgehead atoms. The van der Waals surface area contributed by atoms with Crippen LogP contribution in [-0.4, -0.2) is 69.4 Å². The third-order valence-corrected chi connectivity index (χ3v) is 6.51. The summed E-state index contributed by atoms with van der Waals surface area (Å²) < 4.78 is 0. The van der Waals surface area contributed by atoms with Crippen LogP contribution in [0.4, 0.5) is 0 Å². The van der Waals surface area contributed by atoms with E-state index in [0.717, 1.165) is 19.4 Å². The van der Waals surface area contributed by atoms with Gasteiger partial charge in [-0.2, -0.15) is 0 Å². The van der Waals surface area contributed by atoms with Crippen LogP contribution in [0.15, 0.2) is 0 Å². The van der Waals surface area contributed by atoms with Crippen LogP contribution in [0.25, 0.3) is 0 Å². The fourth-order valence-electron chi connectivity index (χ4n) is 4.50. The summed E-state index contributed by atoms with van der Waals surface area (Å²) in [6.45, 7) is 3.16. The Morgan fingerprint density at radius 1 is 0.621 bits per heavy atom. The van der Waals surface area contributed by atoms with Gasteiger partial charge >= 0.3 is 0 Å². The third-order valence-electron chi connectivity index (χ3n) is 6.51. The average Bonchev–Trinajstić information content (AvgIpc) is 2.72. The van der Waals surface area contributed by atoms with Gasteiger partial charge in [0.25, 0.3) is 0 Å². The van der Waals surface area contributed by atoms with Crippen LogP contribution in [0, 0.1) is 0 Å². The van der Waals surface area contributed by atoms with Gasteiger partial charge in [-0.3, -0.25) is 4.90 Å². The minimum Gasteiger partial charge on any atom is -0.395 e. The number of likely N-dealkylation sites (tertiary alicyclic amines) is 1. The fourth-order valence-corrected chi connectivity index (χ4v) is 4.50. The zero-order valence-electron chi connectivity index (χ0n) is 19.0. The number of aliphatic hydroxyl groups excluding tert-OH is 4. The first-order valence-corrected chi connectivity index (χ1v) is 12.5. The van der Waals surface area contributed by atoms with E-state index in [2.05, 4.69) is 6.92 Å². The van der Waals surface area contributed by atoms with Crippen LogP contribution < -0.4 is 0 Å². The SMILES string of the molecule is CCCCCCCCCCCCCCCCCCN1C[C@H](O)[C@@H](O)[C@H](O)[C@H]1CO. The summed E-state index contributed by atoms with van der Waals surface area (Å²) in [5.41, 5.74) is 0. The predicted octanol–water partition coefficient (Wildman–Crippen LogP) is 4.01. The van der Waals surface area contributed by atoms with Crippen LogP contribution in [-0.2, 0) is 0 Å². The standard InChI is InChI=1S/C24H49NO4/c1-2-3-4-5-6-7-8-9-10-11-12-13-14-15-16-17-18-25-19-22(27)24(29)23(28)21(25)20-26/h21-24,26-29H,2-20H2,1H3/t21-,22+,23-,24-/m1/s1. The van der Waals surface area contributed by atoms with Gasteiger partial charge in [-0.05, 0) is 13.0 Å². The molecule has 0 saturated carbocycles. The molecule has 0 aromatic carbocycles. The first kappa shape index (κ1) is 26.8. The second kappa shape index (κ2) is 17.5. The van der Waals surface area contributed by atoms with Gasteiger partial charge in [-0.15, -0.1) is 0 Å². The maximum Gasteiger partial charge on any atom is 0.109 e. The molecule has 5 nitrogen and oxygen atoms in total. The van der Waals surface area contributed by atoms with E-state index in [4.69, 9.17) is 0 Å². The van der Waals surface area contributed by atoms with Gasteiger partial charge in [-0.1, -0.05) is 103 Å². The quantitative estimate of drug-likeness (QED) is 0.254. The lowest BCUT2D eigenvalue weighted by Gasteiger charge is -2.43. The van der Waals surface area contributed by atoms with Crippen LogP contribution in [0.3, 0.4) is 0 Å². The molecule has 0 amide bonds. The number of β-amino-alcohol motifs (C(OH)–C–C–N with tert-alkyl or cyclic N) is 1. The van der Waals surface area contributed by atoms with Gasteiger partial charge in [0.05, 0.1) is 18.8 Å². The van der Waals surface area contributed by atoms with Crippen LogP contribution in [0.2, 0.25) is 0 Å². The molecule has 0 aromatic rings. The van der Waals surface area contributed by atoms with Gasteiger partial charge in [0.15, 0.2) is 0 Å². The minimum absolute atomic E-state index is 0.191. The molecule has 1 heterocycles. The summed E-state index contributed by atoms with van der Waals surface area (Å²) in [6.07, 6.45) is 18.2. The largest absolute Gasteiger partial charge is 0.395 e. The molecular formula is C24H49NO4. The van der Waals surface area contributed by atoms with E-state index < -0.39 is 24.4 Å². The highest BCUT2D eigenvalue weighted by atomic mass is 16.4. The van der Waals surface area contributed by atoms with Crippen LogP contribution in [0.1, 0.15) is 110 Å². The molecule has 1 fully saturated rings. The second-order valence-electron chi connectivity index (χ2n) is 9.10. The summed E-state index contributed by atoms with van der Waals surface area (Å²) in [5, 5.41) is 39.1. The summed E-state index contributed by atoms with van der Waals surface area (Å²) in [4.78, 5) is 1.92. The zero-order chi connectivity index (χ0) is 21.3. The number of rotatable bonds is 18. The van der Waals surface area contributed by atoms with Gasteiger partial charge in [0.2, 0.25) is 0 Å². The van der Waals surface area contributed by atoms with Gasteiger partial charge < -0.3 is 20.4 Å². The van der Waals surface area contributed by atoms with Crippen molar-refractivity contribution in [1.82, 2.24) is 4.90 Å². The zero-order valence-corrected chi connectivity index (χ0v) is 19.0. The molecule has 0 spiro atoms. The lowest BCUT2D eigenvalue weighted by atomic mass is 9.94. The van der Waals surface area contributed by atoms with Crippen molar-refractivity contribution in [2.24, 2.45) is 0 Å². The highest BCUT2D eigenvalue weighted by molar-refractivity contribution is 4.93. The van der Waals surface area contributed by atoms with E-state index in [9.17, 15) is 20.4 Å². The van der Waals surface area contributed by atoms with Crippen molar-refractivity contribution in [3.05, 3.63) is 0 Å². The predicted molar refractivity (Wildman–Crippen MR) is 120 cm³/mol. The molecule has 1 aliphatic rings. The lowest BCUT2D eigenvalue weighted by Crippen LogP contribution is -2.62. The average molecular weight is 416 g/mol. The van der Waals surface area contributed by atoms with E-state index in [1.807, 2.05) is 4.90 Å². The molecule has 5 heteroatoms. The maximum absolute atomic E-state index is 10.0. The molecule has 174 valence electrons. The number of unbranched alkanes of at least 4 members (excludes halogenated alkanes) is 15. The molecule has 4 N–H and O–H groups in total. The summed E-state index contributed by atoms with van der Waals surface area (Å²) in [7, 11) is 0. The number of piperidine rings is 1. The molecule has 29 heavy (non-hydrogen) atoms. The molecule has 0 aromatic heterocycles. The third kappa shape index (κ3) is 11.7. The minimum atomic E-state index is -1.16. The maximum atomic E-state index is 10.0. The first-order valence-electron chi connectivity index (χ1n) is 12.5. The Hall–Kier alpha value is -0.200. The Balaban J connectivity index is 1.89. The molecule has 1 aliphatic heterocycles. The van der Waals surface area contributed by atoms with Crippen molar-refractivity contribution in [1.29, 1.82) is 0 Å². The molecule has 1 saturated heterocycles. The van der Waals surface area contributed by atoms with E-state index in [1.165, 1.54) is 89.9 Å². The van der Waals surface area contributed by atoms with E-state index in [0.29, 0.717) is 6.54 Å². The molecule has 0 unspecified atom stereocenters. The molecule has 1 rings (SSSR count). The summed E-state index contributed by atoms with van der Waals surface area (Å²) in [5.74, 6) is 0. The topological polar surface area (TPSA) is 84.2 Å². The Morgan fingerprint density at radius 3 is 1.45 bits per heavy atom. The van der Waals surface area contributed by atoms with E-state index in [-0.39, 0.29) is 6.61 Å². The summed E-state index contributed by atoms with van der Waals surface area (Å²) in [6, 6.07) is -0.468. The number of aliphatic hydroxyl groups is 4. The monoisotopic (exact) mass is 415 g/mol. The Labute approximate surface area is 179 Å². The highest BCUT2D eigenvalue weighted by Gasteiger charge is 2.40. The Kier molecular flexibility index (Phi) is 16.2. The summed E-state index contributed by atoms with van der Waals surface area (Å²) >= 11 is 0. The lowest BCUT2D eigenvalue weighted by molar-refractivity contribution is -0.145. The van der Waals surface area contributed by atoms with Gasteiger partial charge in [-0.25, -0.2) is 0 Å². The van der Waals surface area contributed by atoms with Crippen molar-refractivity contribution in [2.45, 2.75) is 134 Å². The molecule has 4 atom stereocenters. The van der Waals surface area contributed by atoms with Crippen LogP contribution in [0.5, 0.6) is 0 Å². The Morgan fingerprint density at radius 2 is 1.03 bits per heavy atom. The van der Waals surface area contributed by atoms with Crippen molar-refractivity contribution in [2.75, 3.05) is 19.7 Å². The molecular weight excluding hydrogens is 366 g/mol.